The predicted octanol–water partition coefficient (Wildman–Crippen LogP) is 1.95. The molecular weight excluding hydrogens is 242 g/mol. The van der Waals surface area contributed by atoms with Gasteiger partial charge in [0.1, 0.15) is 0 Å². The third-order valence-corrected chi connectivity index (χ3v) is 3.63. The van der Waals surface area contributed by atoms with Crippen LogP contribution in [0.4, 0.5) is 5.69 Å². The summed E-state index contributed by atoms with van der Waals surface area (Å²) in [6.45, 7) is 3.21. The van der Waals surface area contributed by atoms with Gasteiger partial charge in [-0.15, -0.1) is 0 Å². The largest absolute Gasteiger partial charge is 0.327 e. The van der Waals surface area contributed by atoms with Crippen molar-refractivity contribution in [2.24, 2.45) is 5.73 Å². The Morgan fingerprint density at radius 1 is 1.37 bits per heavy atom. The van der Waals surface area contributed by atoms with E-state index in [9.17, 15) is 10.1 Å². The van der Waals surface area contributed by atoms with E-state index in [4.69, 9.17) is 5.73 Å². The first-order valence-corrected chi connectivity index (χ1v) is 6.86. The van der Waals surface area contributed by atoms with Gasteiger partial charge >= 0.3 is 0 Å². The average Bonchev–Trinajstić information content (AvgIpc) is 2.39. The van der Waals surface area contributed by atoms with E-state index in [1.165, 1.54) is 6.42 Å². The number of nitro benzene ring substituents is 1. The van der Waals surface area contributed by atoms with Crippen LogP contribution in [0.25, 0.3) is 0 Å². The molecule has 0 amide bonds. The molecule has 0 saturated carbocycles. The van der Waals surface area contributed by atoms with Crippen LogP contribution in [0, 0.1) is 10.1 Å². The summed E-state index contributed by atoms with van der Waals surface area (Å²) >= 11 is 0. The topological polar surface area (TPSA) is 72.4 Å². The molecule has 104 valence electrons. The first-order chi connectivity index (χ1) is 9.15. The molecule has 5 nitrogen and oxygen atoms in total. The molecule has 0 radical (unpaired) electrons. The van der Waals surface area contributed by atoms with Crippen LogP contribution in [0.2, 0.25) is 0 Å². The van der Waals surface area contributed by atoms with Gasteiger partial charge < -0.3 is 10.6 Å². The molecule has 2 rings (SSSR count). The van der Waals surface area contributed by atoms with Crippen LogP contribution in [0.15, 0.2) is 24.3 Å². The second kappa shape index (κ2) is 6.63. The molecule has 1 fully saturated rings. The van der Waals surface area contributed by atoms with Crippen molar-refractivity contribution in [2.75, 3.05) is 19.6 Å². The second-order valence-corrected chi connectivity index (χ2v) is 5.23. The summed E-state index contributed by atoms with van der Waals surface area (Å²) in [5.74, 6) is 0. The third-order valence-electron chi connectivity index (χ3n) is 3.63. The standard InChI is InChI=1S/C14H21N3O2/c15-13-4-2-10-16(11-13)9-1-3-12-5-7-14(8-6-12)17(18)19/h5-8,13H,1-4,9-11,15H2/t13-/m1/s1. The van der Waals surface area contributed by atoms with Crippen LogP contribution in [0.5, 0.6) is 0 Å². The van der Waals surface area contributed by atoms with E-state index < -0.39 is 0 Å². The van der Waals surface area contributed by atoms with E-state index in [-0.39, 0.29) is 10.6 Å². The van der Waals surface area contributed by atoms with Crippen LogP contribution in [0.1, 0.15) is 24.8 Å². The number of likely N-dealkylation sites (tertiary alicyclic amines) is 1. The Kier molecular flexibility index (Phi) is 4.87. The van der Waals surface area contributed by atoms with Gasteiger partial charge in [-0.2, -0.15) is 0 Å². The summed E-state index contributed by atoms with van der Waals surface area (Å²) in [4.78, 5) is 12.6. The van der Waals surface area contributed by atoms with Crippen LogP contribution < -0.4 is 5.73 Å². The number of nitro groups is 1. The Balaban J connectivity index is 1.74. The van der Waals surface area contributed by atoms with E-state index in [2.05, 4.69) is 4.90 Å². The lowest BCUT2D eigenvalue weighted by atomic mass is 10.1. The van der Waals surface area contributed by atoms with Crippen molar-refractivity contribution in [1.29, 1.82) is 0 Å². The molecule has 0 bridgehead atoms. The normalized spacial score (nSPS) is 20.4. The number of aryl methyl sites for hydroxylation is 1. The summed E-state index contributed by atoms with van der Waals surface area (Å²) in [7, 11) is 0. The first kappa shape index (κ1) is 14.0. The molecule has 19 heavy (non-hydrogen) atoms. The highest BCUT2D eigenvalue weighted by atomic mass is 16.6. The fourth-order valence-electron chi connectivity index (χ4n) is 2.59. The van der Waals surface area contributed by atoms with Gasteiger partial charge in [0.2, 0.25) is 0 Å². The number of non-ortho nitro benzene ring substituents is 1. The fourth-order valence-corrected chi connectivity index (χ4v) is 2.59. The molecule has 1 atom stereocenters. The van der Waals surface area contributed by atoms with Crippen LogP contribution in [-0.2, 0) is 6.42 Å². The van der Waals surface area contributed by atoms with Crippen molar-refractivity contribution in [3.63, 3.8) is 0 Å². The molecule has 2 N–H and O–H groups in total. The van der Waals surface area contributed by atoms with Gasteiger partial charge in [-0.3, -0.25) is 10.1 Å². The van der Waals surface area contributed by atoms with Crippen LogP contribution in [-0.4, -0.2) is 35.5 Å². The van der Waals surface area contributed by atoms with Gasteiger partial charge in [0.05, 0.1) is 4.92 Å². The predicted molar refractivity (Wildman–Crippen MR) is 75.1 cm³/mol. The summed E-state index contributed by atoms with van der Waals surface area (Å²) < 4.78 is 0. The Labute approximate surface area is 113 Å². The van der Waals surface area contributed by atoms with Gasteiger partial charge in [0.15, 0.2) is 0 Å². The van der Waals surface area contributed by atoms with E-state index in [0.717, 1.165) is 44.5 Å². The monoisotopic (exact) mass is 263 g/mol. The van der Waals surface area contributed by atoms with E-state index >= 15 is 0 Å². The number of nitrogens with zero attached hydrogens (tertiary/aromatic N) is 2. The molecule has 0 aliphatic carbocycles. The lowest BCUT2D eigenvalue weighted by molar-refractivity contribution is -0.384. The maximum absolute atomic E-state index is 10.6. The zero-order chi connectivity index (χ0) is 13.7. The zero-order valence-corrected chi connectivity index (χ0v) is 11.1. The molecule has 1 saturated heterocycles. The van der Waals surface area contributed by atoms with Crippen molar-refractivity contribution < 1.29 is 4.92 Å². The van der Waals surface area contributed by atoms with Gasteiger partial charge in [0, 0.05) is 24.7 Å². The number of hydrogen-bond donors (Lipinski definition) is 1. The number of nitrogens with two attached hydrogens (primary N) is 1. The lowest BCUT2D eigenvalue weighted by Crippen LogP contribution is -2.43. The van der Waals surface area contributed by atoms with Gasteiger partial charge in [-0.1, -0.05) is 12.1 Å². The van der Waals surface area contributed by atoms with Crippen molar-refractivity contribution in [3.8, 4) is 0 Å². The molecule has 1 heterocycles. The van der Waals surface area contributed by atoms with Crippen LogP contribution >= 0.6 is 0 Å². The molecule has 0 spiro atoms. The first-order valence-electron chi connectivity index (χ1n) is 6.86. The van der Waals surface area contributed by atoms with Crippen LogP contribution in [0.3, 0.4) is 0 Å². The summed E-state index contributed by atoms with van der Waals surface area (Å²) in [6.07, 6.45) is 4.37. The van der Waals surface area contributed by atoms with E-state index in [1.807, 2.05) is 12.1 Å². The smallest absolute Gasteiger partial charge is 0.269 e. The SMILES string of the molecule is N[C@@H]1CCCN(CCCc2ccc([N+](=O)[O-])cc2)C1. The number of benzene rings is 1. The summed E-state index contributed by atoms with van der Waals surface area (Å²) in [5.41, 5.74) is 7.26. The summed E-state index contributed by atoms with van der Waals surface area (Å²) in [6, 6.07) is 7.17. The lowest BCUT2D eigenvalue weighted by Gasteiger charge is -2.30. The van der Waals surface area contributed by atoms with Crippen molar-refractivity contribution in [1.82, 2.24) is 4.90 Å². The minimum atomic E-state index is -0.362. The van der Waals surface area contributed by atoms with E-state index in [1.54, 1.807) is 12.1 Å². The van der Waals surface area contributed by atoms with Gasteiger partial charge in [-0.05, 0) is 44.3 Å². The Hall–Kier alpha value is -1.46. The maximum atomic E-state index is 10.6. The molecule has 1 aromatic carbocycles. The fraction of sp³-hybridized carbons (Fsp3) is 0.571. The maximum Gasteiger partial charge on any atom is 0.269 e. The average molecular weight is 263 g/mol. The molecule has 5 heteroatoms. The van der Waals surface area contributed by atoms with Crippen molar-refractivity contribution >= 4 is 5.69 Å². The van der Waals surface area contributed by atoms with Gasteiger partial charge in [0.25, 0.3) is 5.69 Å². The minimum absolute atomic E-state index is 0.158. The quantitative estimate of drug-likeness (QED) is 0.651. The van der Waals surface area contributed by atoms with E-state index in [0.29, 0.717) is 6.04 Å². The minimum Gasteiger partial charge on any atom is -0.327 e. The molecule has 1 aromatic rings. The van der Waals surface area contributed by atoms with Crippen molar-refractivity contribution in [3.05, 3.63) is 39.9 Å². The molecule has 1 aliphatic heterocycles. The highest BCUT2D eigenvalue weighted by molar-refractivity contribution is 5.32. The Morgan fingerprint density at radius 3 is 2.74 bits per heavy atom. The number of piperidine rings is 1. The third kappa shape index (κ3) is 4.29. The zero-order valence-electron chi connectivity index (χ0n) is 11.1. The van der Waals surface area contributed by atoms with Crippen molar-refractivity contribution in [2.45, 2.75) is 31.7 Å². The second-order valence-electron chi connectivity index (χ2n) is 5.23. The highest BCUT2D eigenvalue weighted by Crippen LogP contribution is 2.14. The Bertz CT molecular complexity index is 419. The number of hydrogen-bond acceptors (Lipinski definition) is 4. The molecular formula is C14H21N3O2. The summed E-state index contributed by atoms with van der Waals surface area (Å²) in [5, 5.41) is 10.6. The Morgan fingerprint density at radius 2 is 2.11 bits per heavy atom. The molecule has 0 unspecified atom stereocenters. The molecule has 0 aromatic heterocycles. The number of rotatable bonds is 5. The van der Waals surface area contributed by atoms with Gasteiger partial charge in [-0.25, -0.2) is 0 Å². The molecule has 1 aliphatic rings. The highest BCUT2D eigenvalue weighted by Gasteiger charge is 2.15.